The van der Waals surface area contributed by atoms with Crippen LogP contribution in [0.5, 0.6) is 5.75 Å². The highest BCUT2D eigenvalue weighted by molar-refractivity contribution is 6.30. The van der Waals surface area contributed by atoms with Crippen LogP contribution in [0.4, 0.5) is 4.39 Å². The summed E-state index contributed by atoms with van der Waals surface area (Å²) in [5.41, 5.74) is 3.73. The number of nitrogens with one attached hydrogen (secondary N) is 1. The molecule has 5 heteroatoms. The van der Waals surface area contributed by atoms with Crippen LogP contribution in [0.25, 0.3) is 22.4 Å². The van der Waals surface area contributed by atoms with Gasteiger partial charge < -0.3 is 9.72 Å². The monoisotopic (exact) mass is 352 g/mol. The number of ether oxygens (including phenoxy) is 1. The first-order valence-electron chi connectivity index (χ1n) is 7.81. The quantitative estimate of drug-likeness (QED) is 0.519. The van der Waals surface area contributed by atoms with E-state index in [1.165, 1.54) is 6.07 Å². The summed E-state index contributed by atoms with van der Waals surface area (Å²) in [5.74, 6) is 1.11. The molecule has 0 radical (unpaired) electrons. The molecule has 3 aromatic carbocycles. The maximum Gasteiger partial charge on any atom is 0.141 e. The molecular formula is C20H14ClFN2O. The number of hydrogen-bond acceptors (Lipinski definition) is 2. The lowest BCUT2D eigenvalue weighted by molar-refractivity contribution is 0.306. The molecular weight excluding hydrogens is 339 g/mol. The molecule has 0 atom stereocenters. The summed E-state index contributed by atoms with van der Waals surface area (Å²) in [7, 11) is 0. The van der Waals surface area contributed by atoms with Crippen LogP contribution in [0.15, 0.2) is 66.7 Å². The highest BCUT2D eigenvalue weighted by Gasteiger charge is 2.06. The van der Waals surface area contributed by atoms with Crippen molar-refractivity contribution in [3.63, 3.8) is 0 Å². The summed E-state index contributed by atoms with van der Waals surface area (Å²) in [4.78, 5) is 7.88. The van der Waals surface area contributed by atoms with E-state index in [0.29, 0.717) is 6.61 Å². The fraction of sp³-hybridized carbons (Fsp3) is 0.0500. The van der Waals surface area contributed by atoms with E-state index in [0.717, 1.165) is 33.7 Å². The van der Waals surface area contributed by atoms with Crippen molar-refractivity contribution in [2.45, 2.75) is 6.61 Å². The number of H-pyrrole nitrogens is 1. The van der Waals surface area contributed by atoms with Crippen molar-refractivity contribution in [1.82, 2.24) is 9.97 Å². The molecule has 0 unspecified atom stereocenters. The average Bonchev–Trinajstić information content (AvgIpc) is 3.07. The lowest BCUT2D eigenvalue weighted by Crippen LogP contribution is -1.96. The Bertz CT molecular complexity index is 994. The minimum Gasteiger partial charge on any atom is -0.489 e. The number of nitrogens with zero attached hydrogens (tertiary/aromatic N) is 1. The van der Waals surface area contributed by atoms with Gasteiger partial charge in [0.25, 0.3) is 0 Å². The molecule has 0 spiro atoms. The van der Waals surface area contributed by atoms with Crippen molar-refractivity contribution in [3.05, 3.63) is 83.1 Å². The topological polar surface area (TPSA) is 37.9 Å². The van der Waals surface area contributed by atoms with Gasteiger partial charge in [0.15, 0.2) is 0 Å². The van der Waals surface area contributed by atoms with E-state index in [2.05, 4.69) is 9.97 Å². The fourth-order valence-electron chi connectivity index (χ4n) is 2.59. The first-order valence-corrected chi connectivity index (χ1v) is 8.19. The van der Waals surface area contributed by atoms with E-state index in [1.807, 2.05) is 48.5 Å². The lowest BCUT2D eigenvalue weighted by atomic mass is 10.2. The summed E-state index contributed by atoms with van der Waals surface area (Å²) in [6.45, 7) is 0.323. The van der Waals surface area contributed by atoms with Crippen LogP contribution in [0, 0.1) is 5.82 Å². The van der Waals surface area contributed by atoms with Gasteiger partial charge in [-0.15, -0.1) is 0 Å². The molecule has 4 rings (SSSR count). The molecule has 0 bridgehead atoms. The van der Waals surface area contributed by atoms with E-state index in [9.17, 15) is 4.39 Å². The number of aromatic nitrogens is 2. The van der Waals surface area contributed by atoms with E-state index in [-0.39, 0.29) is 5.02 Å². The van der Waals surface area contributed by atoms with E-state index in [4.69, 9.17) is 16.3 Å². The van der Waals surface area contributed by atoms with Gasteiger partial charge in [-0.3, -0.25) is 0 Å². The van der Waals surface area contributed by atoms with Crippen molar-refractivity contribution in [2.24, 2.45) is 0 Å². The average molecular weight is 353 g/mol. The van der Waals surface area contributed by atoms with Crippen LogP contribution in [-0.4, -0.2) is 9.97 Å². The van der Waals surface area contributed by atoms with Crippen LogP contribution < -0.4 is 4.74 Å². The molecule has 0 aliphatic heterocycles. The summed E-state index contributed by atoms with van der Waals surface area (Å²) >= 11 is 5.78. The Labute approximate surface area is 149 Å². The van der Waals surface area contributed by atoms with Gasteiger partial charge in [-0.25, -0.2) is 9.37 Å². The number of para-hydroxylation sites is 2. The van der Waals surface area contributed by atoms with E-state index in [1.54, 1.807) is 12.1 Å². The molecule has 1 aromatic heterocycles. The molecule has 1 N–H and O–H groups in total. The summed E-state index contributed by atoms with van der Waals surface area (Å²) < 4.78 is 18.9. The zero-order valence-electron chi connectivity index (χ0n) is 13.2. The summed E-state index contributed by atoms with van der Waals surface area (Å²) in [6.07, 6.45) is 0. The van der Waals surface area contributed by atoms with Gasteiger partial charge in [-0.1, -0.05) is 29.8 Å². The molecule has 0 saturated carbocycles. The third kappa shape index (κ3) is 3.35. The molecule has 0 amide bonds. The second-order valence-electron chi connectivity index (χ2n) is 5.66. The second-order valence-corrected chi connectivity index (χ2v) is 6.07. The molecule has 124 valence electrons. The number of halogens is 2. The van der Waals surface area contributed by atoms with Crippen molar-refractivity contribution in [3.8, 4) is 17.1 Å². The van der Waals surface area contributed by atoms with Gasteiger partial charge in [-0.05, 0) is 54.1 Å². The zero-order chi connectivity index (χ0) is 17.2. The highest BCUT2D eigenvalue weighted by Crippen LogP contribution is 2.23. The minimum atomic E-state index is -0.430. The Morgan fingerprint density at radius 3 is 2.56 bits per heavy atom. The van der Waals surface area contributed by atoms with Crippen molar-refractivity contribution in [1.29, 1.82) is 0 Å². The van der Waals surface area contributed by atoms with Crippen molar-refractivity contribution >= 4 is 22.6 Å². The van der Waals surface area contributed by atoms with E-state index >= 15 is 0 Å². The predicted molar refractivity (Wildman–Crippen MR) is 97.3 cm³/mol. The lowest BCUT2D eigenvalue weighted by Gasteiger charge is -2.07. The second kappa shape index (κ2) is 6.57. The van der Waals surface area contributed by atoms with Crippen LogP contribution in [0.2, 0.25) is 5.02 Å². The van der Waals surface area contributed by atoms with Gasteiger partial charge in [-0.2, -0.15) is 0 Å². The normalized spacial score (nSPS) is 11.0. The maximum absolute atomic E-state index is 13.2. The number of rotatable bonds is 4. The summed E-state index contributed by atoms with van der Waals surface area (Å²) in [6, 6.07) is 20.1. The molecule has 0 fully saturated rings. The Kier molecular flexibility index (Phi) is 4.12. The first-order chi connectivity index (χ1) is 12.2. The zero-order valence-corrected chi connectivity index (χ0v) is 13.9. The van der Waals surface area contributed by atoms with Gasteiger partial charge in [0.2, 0.25) is 0 Å². The largest absolute Gasteiger partial charge is 0.489 e. The van der Waals surface area contributed by atoms with Crippen LogP contribution in [0.3, 0.4) is 0 Å². The smallest absolute Gasteiger partial charge is 0.141 e. The van der Waals surface area contributed by atoms with Crippen molar-refractivity contribution in [2.75, 3.05) is 0 Å². The Morgan fingerprint density at radius 1 is 1.00 bits per heavy atom. The molecule has 1 heterocycles. The molecule has 4 aromatic rings. The van der Waals surface area contributed by atoms with Crippen LogP contribution >= 0.6 is 11.6 Å². The minimum absolute atomic E-state index is 0.0985. The third-order valence-electron chi connectivity index (χ3n) is 3.91. The molecule has 3 nitrogen and oxygen atoms in total. The molecule has 0 aliphatic rings. The van der Waals surface area contributed by atoms with Gasteiger partial charge in [0.1, 0.15) is 24.0 Å². The summed E-state index contributed by atoms with van der Waals surface area (Å²) in [5, 5.41) is 0.0985. The van der Waals surface area contributed by atoms with E-state index < -0.39 is 5.82 Å². The standard InChI is InChI=1S/C20H14ClFN2O/c21-16-11-13(5-10-17(16)22)12-25-15-8-6-14(7-9-15)20-23-18-3-1-2-4-19(18)24-20/h1-11H,12H2,(H,23,24). The maximum atomic E-state index is 13.2. The fourth-order valence-corrected chi connectivity index (χ4v) is 2.80. The first kappa shape index (κ1) is 15.7. The molecule has 0 saturated heterocycles. The van der Waals surface area contributed by atoms with Gasteiger partial charge in [0.05, 0.1) is 16.1 Å². The highest BCUT2D eigenvalue weighted by atomic mass is 35.5. The Hall–Kier alpha value is -2.85. The third-order valence-corrected chi connectivity index (χ3v) is 4.20. The Balaban J connectivity index is 1.48. The Morgan fingerprint density at radius 2 is 1.80 bits per heavy atom. The van der Waals surface area contributed by atoms with Crippen LogP contribution in [-0.2, 0) is 6.61 Å². The number of benzene rings is 3. The SMILES string of the molecule is Fc1ccc(COc2ccc(-c3nc4ccccc4[nH]3)cc2)cc1Cl. The molecule has 25 heavy (non-hydrogen) atoms. The molecule has 0 aliphatic carbocycles. The van der Waals surface area contributed by atoms with Crippen LogP contribution in [0.1, 0.15) is 5.56 Å². The number of imidazole rings is 1. The predicted octanol–water partition coefficient (Wildman–Crippen LogP) is 5.60. The van der Waals surface area contributed by atoms with Crippen molar-refractivity contribution < 1.29 is 9.13 Å². The number of hydrogen-bond donors (Lipinski definition) is 1. The number of aromatic amines is 1. The van der Waals surface area contributed by atoms with Gasteiger partial charge in [0, 0.05) is 5.56 Å². The number of fused-ring (bicyclic) bond motifs is 1. The van der Waals surface area contributed by atoms with Gasteiger partial charge >= 0.3 is 0 Å².